The average Bonchev–Trinajstić information content (AvgIpc) is 3.11. The molecule has 0 saturated carbocycles. The van der Waals surface area contributed by atoms with E-state index in [4.69, 9.17) is 14.2 Å². The highest BCUT2D eigenvalue weighted by molar-refractivity contribution is 5.78. The molecule has 7 nitrogen and oxygen atoms in total. The lowest BCUT2D eigenvalue weighted by molar-refractivity contribution is -0.124. The topological polar surface area (TPSA) is 74.6 Å². The molecule has 0 atom stereocenters. The molecule has 0 bridgehead atoms. The number of fused-ring (bicyclic) bond motifs is 1. The number of imidazole rings is 1. The Labute approximate surface area is 176 Å². The monoisotopic (exact) mass is 409 g/mol. The molecule has 0 spiro atoms. The van der Waals surface area contributed by atoms with Gasteiger partial charge in [-0.15, -0.1) is 6.58 Å². The zero-order valence-electron chi connectivity index (χ0n) is 17.4. The van der Waals surface area contributed by atoms with E-state index in [1.54, 1.807) is 7.11 Å². The van der Waals surface area contributed by atoms with Gasteiger partial charge in [-0.1, -0.05) is 24.3 Å². The third kappa shape index (κ3) is 5.18. The number of allylic oxidation sites excluding steroid dienone is 1. The second kappa shape index (κ2) is 10.5. The maximum atomic E-state index is 11.8. The van der Waals surface area contributed by atoms with Gasteiger partial charge in [0.1, 0.15) is 19.0 Å². The molecule has 0 aliphatic rings. The molecule has 0 fully saturated rings. The SMILES string of the molecule is C=CCc1ccc(OCCn2c(CNC(=O)COC)nc3ccccc32)c(OC)c1. The van der Waals surface area contributed by atoms with E-state index >= 15 is 0 Å². The van der Waals surface area contributed by atoms with Gasteiger partial charge in [-0.25, -0.2) is 4.98 Å². The number of hydrogen-bond acceptors (Lipinski definition) is 5. The highest BCUT2D eigenvalue weighted by Gasteiger charge is 2.12. The number of rotatable bonds is 11. The molecule has 1 heterocycles. The summed E-state index contributed by atoms with van der Waals surface area (Å²) in [6.45, 7) is 5.11. The highest BCUT2D eigenvalue weighted by Crippen LogP contribution is 2.28. The number of nitrogens with zero attached hydrogens (tertiary/aromatic N) is 2. The Morgan fingerprint density at radius 2 is 2.03 bits per heavy atom. The maximum absolute atomic E-state index is 11.8. The van der Waals surface area contributed by atoms with Crippen LogP contribution >= 0.6 is 0 Å². The lowest BCUT2D eigenvalue weighted by Gasteiger charge is -2.14. The summed E-state index contributed by atoms with van der Waals surface area (Å²) < 4.78 is 18.4. The van der Waals surface area contributed by atoms with Crippen LogP contribution in [0.1, 0.15) is 11.4 Å². The quantitative estimate of drug-likeness (QED) is 0.493. The van der Waals surface area contributed by atoms with Gasteiger partial charge < -0.3 is 24.1 Å². The van der Waals surface area contributed by atoms with Crippen LogP contribution < -0.4 is 14.8 Å². The summed E-state index contributed by atoms with van der Waals surface area (Å²) in [7, 11) is 3.12. The smallest absolute Gasteiger partial charge is 0.246 e. The summed E-state index contributed by atoms with van der Waals surface area (Å²) >= 11 is 0. The Balaban J connectivity index is 1.73. The number of benzene rings is 2. The van der Waals surface area contributed by atoms with E-state index < -0.39 is 0 Å². The van der Waals surface area contributed by atoms with E-state index in [2.05, 4.69) is 21.4 Å². The summed E-state index contributed by atoms with van der Waals surface area (Å²) in [5.41, 5.74) is 2.98. The number of ether oxygens (including phenoxy) is 3. The third-order valence-electron chi connectivity index (χ3n) is 4.63. The van der Waals surface area contributed by atoms with Gasteiger partial charge in [0, 0.05) is 7.11 Å². The van der Waals surface area contributed by atoms with Crippen LogP contribution in [0, 0.1) is 0 Å². The van der Waals surface area contributed by atoms with Gasteiger partial charge in [0.2, 0.25) is 5.91 Å². The molecular weight excluding hydrogens is 382 g/mol. The summed E-state index contributed by atoms with van der Waals surface area (Å²) in [5.74, 6) is 1.95. The van der Waals surface area contributed by atoms with Crippen molar-refractivity contribution in [3.8, 4) is 11.5 Å². The van der Waals surface area contributed by atoms with Crippen molar-refractivity contribution in [2.24, 2.45) is 0 Å². The van der Waals surface area contributed by atoms with E-state index in [1.807, 2.05) is 48.5 Å². The highest BCUT2D eigenvalue weighted by atomic mass is 16.5. The van der Waals surface area contributed by atoms with Gasteiger partial charge >= 0.3 is 0 Å². The van der Waals surface area contributed by atoms with E-state index in [0.717, 1.165) is 28.8 Å². The van der Waals surface area contributed by atoms with Crippen LogP contribution in [-0.2, 0) is 29.0 Å². The minimum Gasteiger partial charge on any atom is -0.493 e. The molecule has 0 radical (unpaired) electrons. The van der Waals surface area contributed by atoms with Crippen LogP contribution in [0.3, 0.4) is 0 Å². The van der Waals surface area contributed by atoms with Crippen molar-refractivity contribution >= 4 is 16.9 Å². The number of para-hydroxylation sites is 2. The molecule has 0 aliphatic carbocycles. The lowest BCUT2D eigenvalue weighted by Crippen LogP contribution is -2.28. The molecule has 1 aromatic heterocycles. The van der Waals surface area contributed by atoms with Gasteiger partial charge in [0.25, 0.3) is 0 Å². The second-order valence-corrected chi connectivity index (χ2v) is 6.70. The fourth-order valence-electron chi connectivity index (χ4n) is 3.24. The second-order valence-electron chi connectivity index (χ2n) is 6.70. The Kier molecular flexibility index (Phi) is 7.45. The molecule has 3 aromatic rings. The van der Waals surface area contributed by atoms with Crippen LogP contribution in [0.25, 0.3) is 11.0 Å². The zero-order chi connectivity index (χ0) is 21.3. The molecule has 158 valence electrons. The molecular formula is C23H27N3O4. The fraction of sp³-hybridized carbons (Fsp3) is 0.304. The minimum absolute atomic E-state index is 0.0188. The number of nitrogens with one attached hydrogen (secondary N) is 1. The predicted molar refractivity (Wildman–Crippen MR) is 116 cm³/mol. The van der Waals surface area contributed by atoms with Gasteiger partial charge in [-0.3, -0.25) is 4.79 Å². The summed E-state index contributed by atoms with van der Waals surface area (Å²) in [6.07, 6.45) is 2.63. The van der Waals surface area contributed by atoms with Crippen molar-refractivity contribution in [2.45, 2.75) is 19.5 Å². The van der Waals surface area contributed by atoms with Crippen LogP contribution in [0.2, 0.25) is 0 Å². The van der Waals surface area contributed by atoms with Crippen LogP contribution in [-0.4, -0.2) is 42.9 Å². The fourth-order valence-corrected chi connectivity index (χ4v) is 3.24. The number of aromatic nitrogens is 2. The molecule has 0 saturated heterocycles. The minimum atomic E-state index is -0.184. The first-order chi connectivity index (χ1) is 14.7. The van der Waals surface area contributed by atoms with Crippen LogP contribution in [0.15, 0.2) is 55.1 Å². The number of hydrogen-bond donors (Lipinski definition) is 1. The van der Waals surface area contributed by atoms with Gasteiger partial charge in [-0.05, 0) is 36.2 Å². The third-order valence-corrected chi connectivity index (χ3v) is 4.63. The van der Waals surface area contributed by atoms with E-state index in [1.165, 1.54) is 7.11 Å². The first-order valence-corrected chi connectivity index (χ1v) is 9.76. The normalized spacial score (nSPS) is 10.7. The summed E-state index contributed by atoms with van der Waals surface area (Å²) in [5, 5.41) is 2.83. The molecule has 3 rings (SSSR count). The van der Waals surface area contributed by atoms with Crippen LogP contribution in [0.5, 0.6) is 11.5 Å². The molecule has 0 aliphatic heterocycles. The molecule has 7 heteroatoms. The first kappa shape index (κ1) is 21.4. The molecule has 2 aromatic carbocycles. The van der Waals surface area contributed by atoms with Gasteiger partial charge in [0.05, 0.1) is 31.2 Å². The Morgan fingerprint density at radius 3 is 2.80 bits per heavy atom. The van der Waals surface area contributed by atoms with Gasteiger partial charge in [-0.2, -0.15) is 0 Å². The Hall–Kier alpha value is -3.32. The van der Waals surface area contributed by atoms with Crippen molar-refractivity contribution in [1.29, 1.82) is 0 Å². The first-order valence-electron chi connectivity index (χ1n) is 9.76. The molecule has 1 N–H and O–H groups in total. The van der Waals surface area contributed by atoms with Crippen molar-refractivity contribution in [3.05, 3.63) is 66.5 Å². The standard InChI is InChI=1S/C23H27N3O4/c1-4-7-17-10-11-20(21(14-17)29-3)30-13-12-26-19-9-6-5-8-18(19)25-22(26)15-24-23(27)16-28-2/h4-6,8-11,14H,1,7,12-13,15-16H2,2-3H3,(H,24,27). The predicted octanol–water partition coefficient (Wildman–Crippen LogP) is 3.12. The van der Waals surface area contributed by atoms with Crippen molar-refractivity contribution < 1.29 is 19.0 Å². The van der Waals surface area contributed by atoms with Crippen molar-refractivity contribution in [1.82, 2.24) is 14.9 Å². The average molecular weight is 409 g/mol. The van der Waals surface area contributed by atoms with E-state index in [0.29, 0.717) is 31.2 Å². The van der Waals surface area contributed by atoms with E-state index in [-0.39, 0.29) is 12.5 Å². The zero-order valence-corrected chi connectivity index (χ0v) is 17.4. The summed E-state index contributed by atoms with van der Waals surface area (Å²) in [4.78, 5) is 16.4. The maximum Gasteiger partial charge on any atom is 0.246 e. The molecule has 1 amide bonds. The number of carbonyl (C=O) groups is 1. The Morgan fingerprint density at radius 1 is 1.20 bits per heavy atom. The van der Waals surface area contributed by atoms with Crippen LogP contribution in [0.4, 0.5) is 0 Å². The van der Waals surface area contributed by atoms with Crippen molar-refractivity contribution in [3.63, 3.8) is 0 Å². The largest absolute Gasteiger partial charge is 0.493 e. The van der Waals surface area contributed by atoms with E-state index in [9.17, 15) is 4.79 Å². The van der Waals surface area contributed by atoms with Crippen molar-refractivity contribution in [2.75, 3.05) is 27.4 Å². The Bertz CT molecular complexity index is 1010. The van der Waals surface area contributed by atoms with Gasteiger partial charge in [0.15, 0.2) is 11.5 Å². The molecule has 30 heavy (non-hydrogen) atoms. The molecule has 0 unspecified atom stereocenters. The number of amides is 1. The number of methoxy groups -OCH3 is 2. The number of carbonyl (C=O) groups excluding carboxylic acids is 1. The lowest BCUT2D eigenvalue weighted by atomic mass is 10.1. The summed E-state index contributed by atoms with van der Waals surface area (Å²) in [6, 6.07) is 13.7.